The van der Waals surface area contributed by atoms with Gasteiger partial charge >= 0.3 is 0 Å². The second-order valence-electron chi connectivity index (χ2n) is 4.29. The number of hydrogen-bond acceptors (Lipinski definition) is 3. The molecule has 0 spiro atoms. The lowest BCUT2D eigenvalue weighted by Gasteiger charge is -2.07. The fourth-order valence-corrected chi connectivity index (χ4v) is 1.67. The van der Waals surface area contributed by atoms with Gasteiger partial charge in [-0.15, -0.1) is 0 Å². The standard InChI is InChI=1S/C16H15NO3/c1-12-5-6-15(13(10-12)4-2-3-8-18)17-16(19)14-7-9-20-11-14/h5-7,9-11,18H,3,8H2,1H3,(H,17,19). The largest absolute Gasteiger partial charge is 0.472 e. The molecule has 0 bridgehead atoms. The van der Waals surface area contributed by atoms with Crippen molar-refractivity contribution >= 4 is 11.6 Å². The number of aryl methyl sites for hydroxylation is 1. The van der Waals surface area contributed by atoms with Gasteiger partial charge in [-0.3, -0.25) is 4.79 Å². The summed E-state index contributed by atoms with van der Waals surface area (Å²) in [6, 6.07) is 7.22. The molecular weight excluding hydrogens is 254 g/mol. The number of hydrogen-bond donors (Lipinski definition) is 2. The molecule has 4 nitrogen and oxygen atoms in total. The molecule has 2 rings (SSSR count). The smallest absolute Gasteiger partial charge is 0.258 e. The van der Waals surface area contributed by atoms with Crippen molar-refractivity contribution in [2.24, 2.45) is 0 Å². The highest BCUT2D eigenvalue weighted by molar-refractivity contribution is 6.04. The molecule has 0 aliphatic carbocycles. The summed E-state index contributed by atoms with van der Waals surface area (Å²) in [4.78, 5) is 12.0. The van der Waals surface area contributed by atoms with Gasteiger partial charge in [0.15, 0.2) is 0 Å². The van der Waals surface area contributed by atoms with E-state index in [1.54, 1.807) is 6.07 Å². The Morgan fingerprint density at radius 3 is 2.95 bits per heavy atom. The van der Waals surface area contributed by atoms with E-state index < -0.39 is 0 Å². The SMILES string of the molecule is Cc1ccc(NC(=O)c2ccoc2)c(C#CCCO)c1. The van der Waals surface area contributed by atoms with Crippen molar-refractivity contribution in [2.45, 2.75) is 13.3 Å². The quantitative estimate of drug-likeness (QED) is 0.842. The zero-order chi connectivity index (χ0) is 14.4. The zero-order valence-electron chi connectivity index (χ0n) is 11.1. The molecule has 0 atom stereocenters. The molecule has 0 unspecified atom stereocenters. The van der Waals surface area contributed by atoms with Crippen LogP contribution in [-0.4, -0.2) is 17.6 Å². The Balaban J connectivity index is 2.23. The van der Waals surface area contributed by atoms with Crippen LogP contribution in [0.3, 0.4) is 0 Å². The van der Waals surface area contributed by atoms with Crippen molar-refractivity contribution in [3.63, 3.8) is 0 Å². The van der Waals surface area contributed by atoms with E-state index in [2.05, 4.69) is 17.2 Å². The molecule has 102 valence electrons. The first-order chi connectivity index (χ1) is 9.70. The second kappa shape index (κ2) is 6.60. The highest BCUT2D eigenvalue weighted by atomic mass is 16.3. The first kappa shape index (κ1) is 13.9. The van der Waals surface area contributed by atoms with Crippen molar-refractivity contribution < 1.29 is 14.3 Å². The summed E-state index contributed by atoms with van der Waals surface area (Å²) in [7, 11) is 0. The molecule has 2 aromatic rings. The lowest BCUT2D eigenvalue weighted by atomic mass is 10.1. The summed E-state index contributed by atoms with van der Waals surface area (Å²) in [5, 5.41) is 11.6. The minimum Gasteiger partial charge on any atom is -0.472 e. The average molecular weight is 269 g/mol. The van der Waals surface area contributed by atoms with E-state index in [4.69, 9.17) is 9.52 Å². The van der Waals surface area contributed by atoms with Gasteiger partial charge in [0.1, 0.15) is 6.26 Å². The van der Waals surface area contributed by atoms with Crippen LogP contribution in [0, 0.1) is 18.8 Å². The molecular formula is C16H15NO3. The highest BCUT2D eigenvalue weighted by Gasteiger charge is 2.09. The first-order valence-corrected chi connectivity index (χ1v) is 6.24. The van der Waals surface area contributed by atoms with E-state index in [-0.39, 0.29) is 12.5 Å². The summed E-state index contributed by atoms with van der Waals surface area (Å²) in [6.45, 7) is 1.98. The van der Waals surface area contributed by atoms with Gasteiger partial charge in [0.25, 0.3) is 5.91 Å². The number of aliphatic hydroxyl groups excluding tert-OH is 1. The van der Waals surface area contributed by atoms with Crippen molar-refractivity contribution in [3.8, 4) is 11.8 Å². The van der Waals surface area contributed by atoms with Gasteiger partial charge in [-0.1, -0.05) is 17.9 Å². The van der Waals surface area contributed by atoms with Crippen molar-refractivity contribution in [1.82, 2.24) is 0 Å². The number of aliphatic hydroxyl groups is 1. The first-order valence-electron chi connectivity index (χ1n) is 6.24. The summed E-state index contributed by atoms with van der Waals surface area (Å²) >= 11 is 0. The summed E-state index contributed by atoms with van der Waals surface area (Å²) in [6.07, 6.45) is 3.25. The van der Waals surface area contributed by atoms with Crippen LogP contribution in [0.4, 0.5) is 5.69 Å². The number of furan rings is 1. The van der Waals surface area contributed by atoms with E-state index in [9.17, 15) is 4.79 Å². The van der Waals surface area contributed by atoms with Crippen molar-refractivity contribution in [2.75, 3.05) is 11.9 Å². The van der Waals surface area contributed by atoms with Gasteiger partial charge in [-0.25, -0.2) is 0 Å². The van der Waals surface area contributed by atoms with E-state index in [1.165, 1.54) is 12.5 Å². The van der Waals surface area contributed by atoms with Gasteiger partial charge in [0.2, 0.25) is 0 Å². The van der Waals surface area contributed by atoms with Crippen molar-refractivity contribution in [1.29, 1.82) is 0 Å². The number of carbonyl (C=O) groups excluding carboxylic acids is 1. The number of carbonyl (C=O) groups is 1. The van der Waals surface area contributed by atoms with Gasteiger partial charge in [0, 0.05) is 12.0 Å². The third kappa shape index (κ3) is 3.50. The topological polar surface area (TPSA) is 62.5 Å². The predicted molar refractivity (Wildman–Crippen MR) is 76.4 cm³/mol. The number of nitrogens with one attached hydrogen (secondary N) is 1. The molecule has 0 saturated heterocycles. The van der Waals surface area contributed by atoms with Crippen molar-refractivity contribution in [3.05, 3.63) is 53.5 Å². The monoisotopic (exact) mass is 269 g/mol. The molecule has 1 amide bonds. The Kier molecular flexibility index (Phi) is 4.59. The molecule has 1 aromatic heterocycles. The molecule has 20 heavy (non-hydrogen) atoms. The van der Waals surface area contributed by atoms with Crippen LogP contribution in [0.15, 0.2) is 41.2 Å². The lowest BCUT2D eigenvalue weighted by Crippen LogP contribution is -2.12. The molecule has 1 heterocycles. The van der Waals surface area contributed by atoms with Crippen LogP contribution in [0.1, 0.15) is 27.9 Å². The highest BCUT2D eigenvalue weighted by Crippen LogP contribution is 2.17. The van der Waals surface area contributed by atoms with E-state index in [0.717, 1.165) is 11.1 Å². The van der Waals surface area contributed by atoms with Crippen LogP contribution in [0.2, 0.25) is 0 Å². The maximum absolute atomic E-state index is 12.0. The molecule has 0 fully saturated rings. The van der Waals surface area contributed by atoms with Crippen LogP contribution in [-0.2, 0) is 0 Å². The molecule has 4 heteroatoms. The molecule has 0 saturated carbocycles. The summed E-state index contributed by atoms with van der Waals surface area (Å²) < 4.78 is 4.89. The lowest BCUT2D eigenvalue weighted by molar-refractivity contribution is 0.102. The Bertz CT molecular complexity index is 648. The maximum Gasteiger partial charge on any atom is 0.258 e. The molecule has 2 N–H and O–H groups in total. The fraction of sp³-hybridized carbons (Fsp3) is 0.188. The van der Waals surface area contributed by atoms with Crippen LogP contribution in [0.25, 0.3) is 0 Å². The van der Waals surface area contributed by atoms with Gasteiger partial charge in [0.05, 0.1) is 24.1 Å². The minimum atomic E-state index is -0.243. The molecule has 0 aliphatic rings. The van der Waals surface area contributed by atoms with Crippen LogP contribution < -0.4 is 5.32 Å². The number of benzene rings is 1. The maximum atomic E-state index is 12.0. The minimum absolute atomic E-state index is 0.0233. The van der Waals surface area contributed by atoms with E-state index in [0.29, 0.717) is 17.7 Å². The zero-order valence-corrected chi connectivity index (χ0v) is 11.1. The summed E-state index contributed by atoms with van der Waals surface area (Å²) in [5.41, 5.74) is 2.89. The van der Waals surface area contributed by atoms with E-state index in [1.807, 2.05) is 25.1 Å². The fourth-order valence-electron chi connectivity index (χ4n) is 1.67. The van der Waals surface area contributed by atoms with Crippen LogP contribution in [0.5, 0.6) is 0 Å². The number of rotatable bonds is 3. The van der Waals surface area contributed by atoms with Crippen LogP contribution >= 0.6 is 0 Å². The van der Waals surface area contributed by atoms with Gasteiger partial charge in [-0.2, -0.15) is 0 Å². The Morgan fingerprint density at radius 2 is 2.25 bits per heavy atom. The Morgan fingerprint density at radius 1 is 1.40 bits per heavy atom. The van der Waals surface area contributed by atoms with Gasteiger partial charge < -0.3 is 14.8 Å². The third-order valence-corrected chi connectivity index (χ3v) is 2.67. The Hall–Kier alpha value is -2.51. The van der Waals surface area contributed by atoms with E-state index >= 15 is 0 Å². The molecule has 0 aliphatic heterocycles. The average Bonchev–Trinajstić information content (AvgIpc) is 2.96. The number of amides is 1. The van der Waals surface area contributed by atoms with Gasteiger partial charge in [-0.05, 0) is 30.7 Å². The predicted octanol–water partition coefficient (Wildman–Crippen LogP) is 2.57. The second-order valence-corrected chi connectivity index (χ2v) is 4.29. The molecule has 0 radical (unpaired) electrons. The third-order valence-electron chi connectivity index (χ3n) is 2.67. The number of anilines is 1. The Labute approximate surface area is 117 Å². The normalized spacial score (nSPS) is 9.70. The summed E-state index contributed by atoms with van der Waals surface area (Å²) in [5.74, 6) is 5.57. The molecule has 1 aromatic carbocycles.